The SMILES string of the molecule is COc1ccc(OC)c2c1C[C@@](O)(C(C)=O)C[C@@H]2O. The summed E-state index contributed by atoms with van der Waals surface area (Å²) in [4.78, 5) is 11.6. The second-order valence-electron chi connectivity index (χ2n) is 4.85. The number of carbonyl (C=O) groups is 1. The molecule has 19 heavy (non-hydrogen) atoms. The molecule has 0 heterocycles. The Kier molecular flexibility index (Phi) is 3.52. The maximum absolute atomic E-state index is 11.6. The lowest BCUT2D eigenvalue weighted by atomic mass is 9.76. The minimum atomic E-state index is -1.55. The highest BCUT2D eigenvalue weighted by Crippen LogP contribution is 2.44. The van der Waals surface area contributed by atoms with Gasteiger partial charge in [0.25, 0.3) is 0 Å². The summed E-state index contributed by atoms with van der Waals surface area (Å²) >= 11 is 0. The molecule has 1 aromatic carbocycles. The van der Waals surface area contributed by atoms with E-state index in [0.29, 0.717) is 22.6 Å². The van der Waals surface area contributed by atoms with Crippen LogP contribution < -0.4 is 9.47 Å². The Balaban J connectivity index is 2.60. The van der Waals surface area contributed by atoms with E-state index in [1.54, 1.807) is 12.1 Å². The summed E-state index contributed by atoms with van der Waals surface area (Å²) in [6, 6.07) is 3.41. The molecule has 2 N–H and O–H groups in total. The lowest BCUT2D eigenvalue weighted by Crippen LogP contribution is -2.44. The van der Waals surface area contributed by atoms with Crippen molar-refractivity contribution in [2.75, 3.05) is 14.2 Å². The molecule has 0 saturated carbocycles. The van der Waals surface area contributed by atoms with Crippen molar-refractivity contribution < 1.29 is 24.5 Å². The normalized spacial score (nSPS) is 25.6. The molecule has 0 unspecified atom stereocenters. The van der Waals surface area contributed by atoms with Crippen molar-refractivity contribution in [3.63, 3.8) is 0 Å². The average Bonchev–Trinajstić information content (AvgIpc) is 2.37. The van der Waals surface area contributed by atoms with Crippen molar-refractivity contribution in [3.05, 3.63) is 23.3 Å². The zero-order valence-corrected chi connectivity index (χ0v) is 11.3. The number of ether oxygens (including phenoxy) is 2. The van der Waals surface area contributed by atoms with Gasteiger partial charge in [-0.15, -0.1) is 0 Å². The van der Waals surface area contributed by atoms with Crippen LogP contribution in [0.25, 0.3) is 0 Å². The largest absolute Gasteiger partial charge is 0.496 e. The van der Waals surface area contributed by atoms with Crippen molar-refractivity contribution in [1.29, 1.82) is 0 Å². The molecule has 1 aliphatic carbocycles. The predicted octanol–water partition coefficient (Wildman–Crippen LogP) is 1.00. The monoisotopic (exact) mass is 266 g/mol. The van der Waals surface area contributed by atoms with Crippen LogP contribution in [0.3, 0.4) is 0 Å². The lowest BCUT2D eigenvalue weighted by molar-refractivity contribution is -0.139. The maximum atomic E-state index is 11.6. The number of Topliss-reactive ketones (excluding diaryl/α,β-unsaturated/α-hetero) is 1. The molecule has 0 bridgehead atoms. The standard InChI is InChI=1S/C14H18O5/c1-8(15)14(17)6-9-11(18-2)4-5-12(19-3)13(9)10(16)7-14/h4-5,10,16-17H,6-7H2,1-3H3/t10-,14-/m0/s1. The van der Waals surface area contributed by atoms with Crippen LogP contribution in [0, 0.1) is 0 Å². The third-order valence-electron chi connectivity index (χ3n) is 3.70. The maximum Gasteiger partial charge on any atom is 0.161 e. The van der Waals surface area contributed by atoms with Gasteiger partial charge in [0.1, 0.15) is 17.1 Å². The summed E-state index contributed by atoms with van der Waals surface area (Å²) in [5.41, 5.74) is -0.336. The van der Waals surface area contributed by atoms with Crippen LogP contribution >= 0.6 is 0 Å². The molecule has 0 radical (unpaired) electrons. The van der Waals surface area contributed by atoms with E-state index >= 15 is 0 Å². The third-order valence-corrected chi connectivity index (χ3v) is 3.70. The summed E-state index contributed by atoms with van der Waals surface area (Å²) < 4.78 is 10.5. The third kappa shape index (κ3) is 2.19. The van der Waals surface area contributed by atoms with Gasteiger partial charge >= 0.3 is 0 Å². The Morgan fingerprint density at radius 3 is 2.42 bits per heavy atom. The molecule has 1 aliphatic rings. The van der Waals surface area contributed by atoms with Crippen LogP contribution in [-0.2, 0) is 11.2 Å². The number of rotatable bonds is 3. The molecule has 2 rings (SSSR count). The van der Waals surface area contributed by atoms with Crippen LogP contribution in [0.1, 0.15) is 30.6 Å². The highest BCUT2D eigenvalue weighted by Gasteiger charge is 2.43. The molecule has 0 spiro atoms. The van der Waals surface area contributed by atoms with Crippen molar-refractivity contribution in [3.8, 4) is 11.5 Å². The number of aliphatic hydroxyl groups excluding tert-OH is 1. The Morgan fingerprint density at radius 1 is 1.32 bits per heavy atom. The molecule has 104 valence electrons. The fourth-order valence-corrected chi connectivity index (χ4v) is 2.59. The molecule has 0 aromatic heterocycles. The number of hydrogen-bond donors (Lipinski definition) is 2. The lowest BCUT2D eigenvalue weighted by Gasteiger charge is -2.35. The average molecular weight is 266 g/mol. The van der Waals surface area contributed by atoms with Gasteiger partial charge in [0, 0.05) is 24.0 Å². The summed E-state index contributed by atoms with van der Waals surface area (Å²) in [5, 5.41) is 20.6. The molecular formula is C14H18O5. The predicted molar refractivity (Wildman–Crippen MR) is 68.5 cm³/mol. The number of fused-ring (bicyclic) bond motifs is 1. The van der Waals surface area contributed by atoms with Gasteiger partial charge < -0.3 is 19.7 Å². The Hall–Kier alpha value is -1.59. The number of carbonyl (C=O) groups excluding carboxylic acids is 1. The van der Waals surface area contributed by atoms with Gasteiger partial charge in [0.2, 0.25) is 0 Å². The second-order valence-corrected chi connectivity index (χ2v) is 4.85. The van der Waals surface area contributed by atoms with E-state index in [0.717, 1.165) is 0 Å². The van der Waals surface area contributed by atoms with Crippen LogP contribution in [0.5, 0.6) is 11.5 Å². The Bertz CT molecular complexity index is 511. The number of benzene rings is 1. The molecule has 1 aromatic rings. The van der Waals surface area contributed by atoms with Gasteiger partial charge in [0.05, 0.1) is 20.3 Å². The molecule has 0 aliphatic heterocycles. The summed E-state index contributed by atoms with van der Waals surface area (Å²) in [7, 11) is 3.02. The summed E-state index contributed by atoms with van der Waals surface area (Å²) in [5.74, 6) is 0.713. The first-order chi connectivity index (χ1) is 8.92. The van der Waals surface area contributed by atoms with Gasteiger partial charge in [-0.1, -0.05) is 0 Å². The second kappa shape index (κ2) is 4.83. The molecule has 0 amide bonds. The molecular weight excluding hydrogens is 248 g/mol. The van der Waals surface area contributed by atoms with Crippen LogP contribution in [0.15, 0.2) is 12.1 Å². The molecule has 5 nitrogen and oxygen atoms in total. The van der Waals surface area contributed by atoms with E-state index in [1.807, 2.05) is 0 Å². The quantitative estimate of drug-likeness (QED) is 0.853. The Morgan fingerprint density at radius 2 is 1.89 bits per heavy atom. The van der Waals surface area contributed by atoms with Gasteiger partial charge in [-0.2, -0.15) is 0 Å². The number of hydrogen-bond acceptors (Lipinski definition) is 5. The van der Waals surface area contributed by atoms with Gasteiger partial charge in [0.15, 0.2) is 5.78 Å². The molecule has 0 fully saturated rings. The van der Waals surface area contributed by atoms with E-state index in [4.69, 9.17) is 9.47 Å². The minimum absolute atomic E-state index is 0.0289. The van der Waals surface area contributed by atoms with Crippen LogP contribution in [0.4, 0.5) is 0 Å². The van der Waals surface area contributed by atoms with Crippen LogP contribution in [0.2, 0.25) is 0 Å². The minimum Gasteiger partial charge on any atom is -0.496 e. The van der Waals surface area contributed by atoms with E-state index in [1.165, 1.54) is 21.1 Å². The zero-order valence-electron chi connectivity index (χ0n) is 11.3. The zero-order chi connectivity index (χ0) is 14.2. The first kappa shape index (κ1) is 13.8. The number of aliphatic hydroxyl groups is 2. The van der Waals surface area contributed by atoms with E-state index in [2.05, 4.69) is 0 Å². The smallest absolute Gasteiger partial charge is 0.161 e. The van der Waals surface area contributed by atoms with Crippen molar-refractivity contribution in [2.45, 2.75) is 31.5 Å². The number of ketones is 1. The fourth-order valence-electron chi connectivity index (χ4n) is 2.59. The van der Waals surface area contributed by atoms with E-state index < -0.39 is 11.7 Å². The highest BCUT2D eigenvalue weighted by atomic mass is 16.5. The van der Waals surface area contributed by atoms with Crippen molar-refractivity contribution in [2.24, 2.45) is 0 Å². The van der Waals surface area contributed by atoms with Gasteiger partial charge in [-0.3, -0.25) is 4.79 Å². The van der Waals surface area contributed by atoms with Gasteiger partial charge in [-0.25, -0.2) is 0 Å². The first-order valence-corrected chi connectivity index (χ1v) is 6.08. The summed E-state index contributed by atoms with van der Waals surface area (Å²) in [6.07, 6.45) is -0.865. The highest BCUT2D eigenvalue weighted by molar-refractivity contribution is 5.86. The number of methoxy groups -OCH3 is 2. The first-order valence-electron chi connectivity index (χ1n) is 6.08. The molecule has 0 saturated heterocycles. The van der Waals surface area contributed by atoms with E-state index in [9.17, 15) is 15.0 Å². The summed E-state index contributed by atoms with van der Waals surface area (Å²) in [6.45, 7) is 1.32. The van der Waals surface area contributed by atoms with Gasteiger partial charge in [-0.05, 0) is 19.1 Å². The van der Waals surface area contributed by atoms with Crippen molar-refractivity contribution in [1.82, 2.24) is 0 Å². The van der Waals surface area contributed by atoms with E-state index in [-0.39, 0.29) is 18.6 Å². The van der Waals surface area contributed by atoms with Crippen LogP contribution in [-0.4, -0.2) is 35.8 Å². The van der Waals surface area contributed by atoms with Crippen molar-refractivity contribution >= 4 is 5.78 Å². The topological polar surface area (TPSA) is 76.0 Å². The Labute approximate surface area is 111 Å². The molecule has 2 atom stereocenters. The molecule has 5 heteroatoms. The fraction of sp³-hybridized carbons (Fsp3) is 0.500.